The van der Waals surface area contributed by atoms with Crippen LogP contribution in [0.25, 0.3) is 11.1 Å². The number of carbonyl (C=O) groups excluding carboxylic acids is 1. The van der Waals surface area contributed by atoms with Crippen LogP contribution in [0, 0.1) is 0 Å². The highest BCUT2D eigenvalue weighted by atomic mass is 16.5. The van der Waals surface area contributed by atoms with Gasteiger partial charge >= 0.3 is 0 Å². The van der Waals surface area contributed by atoms with Crippen LogP contribution in [-0.2, 0) is 4.79 Å². The molecule has 2 aromatic carbocycles. The van der Waals surface area contributed by atoms with Gasteiger partial charge in [-0.25, -0.2) is 0 Å². The molecule has 0 aliphatic carbocycles. The van der Waals surface area contributed by atoms with Crippen molar-refractivity contribution < 1.29 is 9.53 Å². The van der Waals surface area contributed by atoms with Gasteiger partial charge in [0.2, 0.25) is 5.91 Å². The Labute approximate surface area is 162 Å². The van der Waals surface area contributed by atoms with Gasteiger partial charge in [0, 0.05) is 12.1 Å². The number of likely N-dealkylation sites (tertiary alicyclic amines) is 1. The van der Waals surface area contributed by atoms with Crippen molar-refractivity contribution in [2.24, 2.45) is 0 Å². The Morgan fingerprint density at radius 1 is 1.00 bits per heavy atom. The standard InChI is InChI=1S/C23H30N2O2/c1-27-22-9-7-8-20(18-22)19-11-13-21(14-12-19)24-23(26)10-3-6-17-25-15-4-2-5-16-25/h7-9,11-14,18H,2-6,10,15-17H2,1H3,(H,24,26). The Kier molecular flexibility index (Phi) is 7.28. The van der Waals surface area contributed by atoms with Gasteiger partial charge < -0.3 is 15.0 Å². The molecule has 1 saturated heterocycles. The summed E-state index contributed by atoms with van der Waals surface area (Å²) < 4.78 is 5.28. The van der Waals surface area contributed by atoms with Crippen LogP contribution in [0.3, 0.4) is 0 Å². The average molecular weight is 367 g/mol. The summed E-state index contributed by atoms with van der Waals surface area (Å²) in [5.74, 6) is 0.942. The first kappa shape index (κ1) is 19.4. The number of amides is 1. The van der Waals surface area contributed by atoms with Crippen LogP contribution in [0.5, 0.6) is 5.75 Å². The van der Waals surface area contributed by atoms with Gasteiger partial charge in [-0.3, -0.25) is 4.79 Å². The molecule has 2 aromatic rings. The maximum absolute atomic E-state index is 12.2. The van der Waals surface area contributed by atoms with Crippen LogP contribution in [0.2, 0.25) is 0 Å². The van der Waals surface area contributed by atoms with Gasteiger partial charge in [0.1, 0.15) is 5.75 Å². The molecule has 0 spiro atoms. The number of hydrogen-bond donors (Lipinski definition) is 1. The first-order valence-corrected chi connectivity index (χ1v) is 10.0. The summed E-state index contributed by atoms with van der Waals surface area (Å²) in [7, 11) is 1.67. The second kappa shape index (κ2) is 10.1. The van der Waals surface area contributed by atoms with Crippen molar-refractivity contribution in [3.63, 3.8) is 0 Å². The zero-order valence-corrected chi connectivity index (χ0v) is 16.2. The number of piperidine rings is 1. The zero-order valence-electron chi connectivity index (χ0n) is 16.2. The van der Waals surface area contributed by atoms with E-state index in [0.29, 0.717) is 6.42 Å². The molecule has 1 fully saturated rings. The predicted molar refractivity (Wildman–Crippen MR) is 111 cm³/mol. The third-order valence-corrected chi connectivity index (χ3v) is 5.15. The highest BCUT2D eigenvalue weighted by Gasteiger charge is 2.10. The number of rotatable bonds is 8. The fourth-order valence-electron chi connectivity index (χ4n) is 3.58. The number of benzene rings is 2. The van der Waals surface area contributed by atoms with E-state index in [4.69, 9.17) is 4.74 Å². The molecule has 1 heterocycles. The first-order valence-electron chi connectivity index (χ1n) is 10.0. The van der Waals surface area contributed by atoms with E-state index in [0.717, 1.165) is 42.0 Å². The maximum Gasteiger partial charge on any atom is 0.224 e. The van der Waals surface area contributed by atoms with Crippen molar-refractivity contribution in [1.29, 1.82) is 0 Å². The van der Waals surface area contributed by atoms with E-state index in [1.165, 1.54) is 32.4 Å². The number of nitrogens with one attached hydrogen (secondary N) is 1. The predicted octanol–water partition coefficient (Wildman–Crippen LogP) is 4.96. The smallest absolute Gasteiger partial charge is 0.224 e. The van der Waals surface area contributed by atoms with Crippen LogP contribution >= 0.6 is 0 Å². The lowest BCUT2D eigenvalue weighted by Gasteiger charge is -2.26. The van der Waals surface area contributed by atoms with E-state index in [1.807, 2.05) is 42.5 Å². The quantitative estimate of drug-likeness (QED) is 0.672. The molecule has 27 heavy (non-hydrogen) atoms. The third kappa shape index (κ3) is 6.10. The average Bonchev–Trinajstić information content (AvgIpc) is 2.72. The van der Waals surface area contributed by atoms with Gasteiger partial charge in [0.25, 0.3) is 0 Å². The second-order valence-electron chi connectivity index (χ2n) is 7.22. The van der Waals surface area contributed by atoms with Crippen LogP contribution in [0.1, 0.15) is 38.5 Å². The van der Waals surface area contributed by atoms with Gasteiger partial charge in [0.15, 0.2) is 0 Å². The van der Waals surface area contributed by atoms with Gasteiger partial charge in [0.05, 0.1) is 7.11 Å². The van der Waals surface area contributed by atoms with Gasteiger partial charge in [-0.2, -0.15) is 0 Å². The van der Waals surface area contributed by atoms with Gasteiger partial charge in [-0.05, 0) is 80.7 Å². The number of nitrogens with zero attached hydrogens (tertiary/aromatic N) is 1. The lowest BCUT2D eigenvalue weighted by Crippen LogP contribution is -2.30. The monoisotopic (exact) mass is 366 g/mol. The highest BCUT2D eigenvalue weighted by Crippen LogP contribution is 2.25. The van der Waals surface area contributed by atoms with Crippen molar-refractivity contribution in [3.8, 4) is 16.9 Å². The molecule has 0 saturated carbocycles. The lowest BCUT2D eigenvalue weighted by atomic mass is 10.1. The molecule has 1 aliphatic rings. The molecule has 1 amide bonds. The highest BCUT2D eigenvalue weighted by molar-refractivity contribution is 5.91. The summed E-state index contributed by atoms with van der Waals surface area (Å²) >= 11 is 0. The molecular weight excluding hydrogens is 336 g/mol. The summed E-state index contributed by atoms with van der Waals surface area (Å²) in [6.07, 6.45) is 6.66. The van der Waals surface area contributed by atoms with Crippen molar-refractivity contribution in [3.05, 3.63) is 48.5 Å². The molecule has 0 unspecified atom stereocenters. The van der Waals surface area contributed by atoms with Crippen LogP contribution in [-0.4, -0.2) is 37.6 Å². The maximum atomic E-state index is 12.2. The normalized spacial score (nSPS) is 14.7. The summed E-state index contributed by atoms with van der Waals surface area (Å²) in [6.45, 7) is 3.58. The first-order chi connectivity index (χ1) is 13.2. The molecule has 1 aliphatic heterocycles. The zero-order chi connectivity index (χ0) is 18.9. The molecule has 1 N–H and O–H groups in total. The van der Waals surface area contributed by atoms with Crippen molar-refractivity contribution in [2.75, 3.05) is 32.1 Å². The topological polar surface area (TPSA) is 41.6 Å². The molecule has 0 radical (unpaired) electrons. The molecule has 4 heteroatoms. The number of carbonyl (C=O) groups is 1. The number of ether oxygens (including phenoxy) is 1. The minimum absolute atomic E-state index is 0.0998. The Hall–Kier alpha value is -2.33. The Bertz CT molecular complexity index is 721. The van der Waals surface area contributed by atoms with E-state index >= 15 is 0 Å². The molecule has 144 valence electrons. The number of methoxy groups -OCH3 is 1. The van der Waals surface area contributed by atoms with E-state index in [1.54, 1.807) is 7.11 Å². The number of hydrogen-bond acceptors (Lipinski definition) is 3. The summed E-state index contributed by atoms with van der Waals surface area (Å²) in [5, 5.41) is 3.00. The largest absolute Gasteiger partial charge is 0.497 e. The van der Waals surface area contributed by atoms with Crippen molar-refractivity contribution in [2.45, 2.75) is 38.5 Å². The van der Waals surface area contributed by atoms with Crippen LogP contribution in [0.4, 0.5) is 5.69 Å². The Morgan fingerprint density at radius 3 is 2.52 bits per heavy atom. The van der Waals surface area contributed by atoms with Crippen molar-refractivity contribution >= 4 is 11.6 Å². The van der Waals surface area contributed by atoms with E-state index < -0.39 is 0 Å². The molecule has 4 nitrogen and oxygen atoms in total. The van der Waals surface area contributed by atoms with Crippen molar-refractivity contribution in [1.82, 2.24) is 4.90 Å². The molecule has 3 rings (SSSR count). The third-order valence-electron chi connectivity index (χ3n) is 5.15. The van der Waals surface area contributed by atoms with Gasteiger partial charge in [-0.1, -0.05) is 30.7 Å². The second-order valence-corrected chi connectivity index (χ2v) is 7.22. The molecule has 0 bridgehead atoms. The number of anilines is 1. The summed E-state index contributed by atoms with van der Waals surface area (Å²) in [5.41, 5.74) is 3.06. The molecular formula is C23H30N2O2. The SMILES string of the molecule is COc1cccc(-c2ccc(NC(=O)CCCCN3CCCCC3)cc2)c1. The van der Waals surface area contributed by atoms with Crippen LogP contribution < -0.4 is 10.1 Å². The number of unbranched alkanes of at least 4 members (excludes halogenated alkanes) is 1. The van der Waals surface area contributed by atoms with E-state index in [9.17, 15) is 4.79 Å². The molecule has 0 atom stereocenters. The van der Waals surface area contributed by atoms with E-state index in [-0.39, 0.29) is 5.91 Å². The minimum atomic E-state index is 0.0998. The van der Waals surface area contributed by atoms with Gasteiger partial charge in [-0.15, -0.1) is 0 Å². The van der Waals surface area contributed by atoms with Crippen LogP contribution in [0.15, 0.2) is 48.5 Å². The minimum Gasteiger partial charge on any atom is -0.497 e. The fourth-order valence-corrected chi connectivity index (χ4v) is 3.58. The Balaban J connectivity index is 1.42. The van der Waals surface area contributed by atoms with E-state index in [2.05, 4.69) is 16.3 Å². The fraction of sp³-hybridized carbons (Fsp3) is 0.435. The molecule has 0 aromatic heterocycles. The summed E-state index contributed by atoms with van der Waals surface area (Å²) in [6, 6.07) is 16.0. The summed E-state index contributed by atoms with van der Waals surface area (Å²) in [4.78, 5) is 14.7. The lowest BCUT2D eigenvalue weighted by molar-refractivity contribution is -0.116. The Morgan fingerprint density at radius 2 is 1.78 bits per heavy atom.